The Balaban J connectivity index is 3.33. The van der Waals surface area contributed by atoms with Crippen LogP contribution in [0.25, 0.3) is 0 Å². The number of alkyl halides is 1. The summed E-state index contributed by atoms with van der Waals surface area (Å²) in [4.78, 5) is 11.5. The summed E-state index contributed by atoms with van der Waals surface area (Å²) in [6, 6.07) is 5.58. The van der Waals surface area contributed by atoms with Gasteiger partial charge in [0.15, 0.2) is 5.78 Å². The van der Waals surface area contributed by atoms with Crippen molar-refractivity contribution in [3.8, 4) is 6.07 Å². The minimum Gasteiger partial charge on any atom is -0.293 e. The molecule has 0 saturated carbocycles. The normalized spacial score (nSPS) is 9.57. The minimum absolute atomic E-state index is 0.00546. The molecule has 0 aliphatic rings. The van der Waals surface area contributed by atoms with Gasteiger partial charge in [-0.2, -0.15) is 5.26 Å². The van der Waals surface area contributed by atoms with Crippen LogP contribution in [0.1, 0.15) is 21.5 Å². The van der Waals surface area contributed by atoms with Gasteiger partial charge in [0.05, 0.1) is 17.0 Å². The Bertz CT molecular complexity index is 423. The number of benzene rings is 1. The Hall–Kier alpha value is -0.410. The average molecular weight is 364 g/mol. The van der Waals surface area contributed by atoms with Crippen molar-refractivity contribution >= 4 is 44.3 Å². The second kappa shape index (κ2) is 4.89. The van der Waals surface area contributed by atoms with E-state index in [9.17, 15) is 4.79 Å². The SMILES string of the molecule is Cc1cc(I)c(C(=O)CBr)cc1C#N. The van der Waals surface area contributed by atoms with Crippen molar-refractivity contribution in [2.75, 3.05) is 5.33 Å². The smallest absolute Gasteiger partial charge is 0.174 e. The second-order valence-corrected chi connectivity index (χ2v) is 4.54. The first-order valence-corrected chi connectivity index (χ1v) is 6.09. The first-order valence-electron chi connectivity index (χ1n) is 3.89. The van der Waals surface area contributed by atoms with Crippen LogP contribution in [0.4, 0.5) is 0 Å². The van der Waals surface area contributed by atoms with E-state index in [0.29, 0.717) is 11.1 Å². The van der Waals surface area contributed by atoms with Crippen molar-refractivity contribution in [2.24, 2.45) is 0 Å². The van der Waals surface area contributed by atoms with Crippen molar-refractivity contribution < 1.29 is 4.79 Å². The molecule has 1 aromatic rings. The third kappa shape index (κ3) is 2.34. The summed E-state index contributed by atoms with van der Waals surface area (Å²) in [6.07, 6.45) is 0. The highest BCUT2D eigenvalue weighted by molar-refractivity contribution is 14.1. The van der Waals surface area contributed by atoms with Crippen molar-refractivity contribution in [1.29, 1.82) is 5.26 Å². The maximum absolute atomic E-state index is 11.5. The lowest BCUT2D eigenvalue weighted by Gasteiger charge is -2.04. The standard InChI is InChI=1S/C10H7BrINO/c1-6-2-9(12)8(10(14)4-11)3-7(6)5-13/h2-3H,4H2,1H3. The van der Waals surface area contributed by atoms with Gasteiger partial charge < -0.3 is 0 Å². The number of ketones is 1. The third-order valence-corrected chi connectivity index (χ3v) is 3.26. The molecular formula is C10H7BrINO. The van der Waals surface area contributed by atoms with Crippen molar-refractivity contribution in [2.45, 2.75) is 6.92 Å². The fraction of sp³-hybridized carbons (Fsp3) is 0.200. The predicted octanol–water partition coefficient (Wildman–Crippen LogP) is 3.05. The van der Waals surface area contributed by atoms with E-state index in [1.807, 2.05) is 13.0 Å². The molecule has 0 aliphatic carbocycles. The predicted molar refractivity (Wildman–Crippen MR) is 66.7 cm³/mol. The topological polar surface area (TPSA) is 40.9 Å². The third-order valence-electron chi connectivity index (χ3n) is 1.86. The van der Waals surface area contributed by atoms with Gasteiger partial charge in [-0.05, 0) is 47.2 Å². The molecule has 0 radical (unpaired) electrons. The molecule has 0 aliphatic heterocycles. The Morgan fingerprint density at radius 3 is 2.79 bits per heavy atom. The number of nitriles is 1. The number of Topliss-reactive ketones (excluding diaryl/α,β-unsaturated/α-hetero) is 1. The average Bonchev–Trinajstić information content (AvgIpc) is 2.17. The van der Waals surface area contributed by atoms with E-state index in [1.54, 1.807) is 6.07 Å². The summed E-state index contributed by atoms with van der Waals surface area (Å²) in [5.74, 6) is 0.00546. The molecular weight excluding hydrogens is 357 g/mol. The molecule has 0 spiro atoms. The summed E-state index contributed by atoms with van der Waals surface area (Å²) < 4.78 is 0.892. The summed E-state index contributed by atoms with van der Waals surface area (Å²) in [5.41, 5.74) is 2.09. The van der Waals surface area contributed by atoms with Crippen LogP contribution >= 0.6 is 38.5 Å². The van der Waals surface area contributed by atoms with E-state index in [-0.39, 0.29) is 11.1 Å². The van der Waals surface area contributed by atoms with E-state index in [0.717, 1.165) is 9.13 Å². The summed E-state index contributed by atoms with van der Waals surface area (Å²) in [6.45, 7) is 1.86. The Morgan fingerprint density at radius 1 is 1.64 bits per heavy atom. The lowest BCUT2D eigenvalue weighted by molar-refractivity contribution is 0.102. The minimum atomic E-state index is 0.00546. The fourth-order valence-corrected chi connectivity index (χ4v) is 2.30. The molecule has 0 atom stereocenters. The van der Waals surface area contributed by atoms with Gasteiger partial charge in [-0.1, -0.05) is 15.9 Å². The van der Waals surface area contributed by atoms with Crippen LogP contribution in [0, 0.1) is 21.8 Å². The number of halogens is 2. The number of rotatable bonds is 2. The molecule has 14 heavy (non-hydrogen) atoms. The van der Waals surface area contributed by atoms with E-state index < -0.39 is 0 Å². The highest BCUT2D eigenvalue weighted by Crippen LogP contribution is 2.19. The molecule has 0 unspecified atom stereocenters. The van der Waals surface area contributed by atoms with E-state index >= 15 is 0 Å². The van der Waals surface area contributed by atoms with E-state index in [2.05, 4.69) is 44.6 Å². The van der Waals surface area contributed by atoms with Crippen LogP contribution in [0.5, 0.6) is 0 Å². The highest BCUT2D eigenvalue weighted by atomic mass is 127. The molecule has 1 rings (SSSR count). The van der Waals surface area contributed by atoms with Gasteiger partial charge in [0.1, 0.15) is 0 Å². The first-order chi connectivity index (χ1) is 6.60. The van der Waals surface area contributed by atoms with Crippen LogP contribution in [0.15, 0.2) is 12.1 Å². The molecule has 72 valence electrons. The van der Waals surface area contributed by atoms with Gasteiger partial charge in [-0.3, -0.25) is 4.79 Å². The number of hydrogen-bond acceptors (Lipinski definition) is 2. The second-order valence-electron chi connectivity index (χ2n) is 2.82. The van der Waals surface area contributed by atoms with Crippen molar-refractivity contribution in [3.63, 3.8) is 0 Å². The molecule has 1 aromatic carbocycles. The van der Waals surface area contributed by atoms with Gasteiger partial charge in [-0.15, -0.1) is 0 Å². The summed E-state index contributed by atoms with van der Waals surface area (Å²) in [5, 5.41) is 9.10. The molecule has 0 saturated heterocycles. The molecule has 0 N–H and O–H groups in total. The van der Waals surface area contributed by atoms with Gasteiger partial charge in [0.2, 0.25) is 0 Å². The van der Waals surface area contributed by atoms with Gasteiger partial charge in [0, 0.05) is 9.13 Å². The highest BCUT2D eigenvalue weighted by Gasteiger charge is 2.11. The number of carbonyl (C=O) groups excluding carboxylic acids is 1. The van der Waals surface area contributed by atoms with Crippen molar-refractivity contribution in [3.05, 3.63) is 32.4 Å². The zero-order chi connectivity index (χ0) is 10.7. The van der Waals surface area contributed by atoms with Crippen LogP contribution < -0.4 is 0 Å². The monoisotopic (exact) mass is 363 g/mol. The van der Waals surface area contributed by atoms with Crippen LogP contribution in [0.2, 0.25) is 0 Å². The molecule has 0 amide bonds. The molecule has 0 aromatic heterocycles. The maximum Gasteiger partial charge on any atom is 0.174 e. The van der Waals surface area contributed by atoms with E-state index in [4.69, 9.17) is 5.26 Å². The molecule has 2 nitrogen and oxygen atoms in total. The molecule has 0 bridgehead atoms. The van der Waals surface area contributed by atoms with Crippen LogP contribution in [-0.4, -0.2) is 11.1 Å². The zero-order valence-electron chi connectivity index (χ0n) is 7.47. The number of aryl methyl sites for hydroxylation is 1. The van der Waals surface area contributed by atoms with Crippen molar-refractivity contribution in [1.82, 2.24) is 0 Å². The van der Waals surface area contributed by atoms with Crippen LogP contribution in [-0.2, 0) is 0 Å². The van der Waals surface area contributed by atoms with E-state index in [1.165, 1.54) is 0 Å². The summed E-state index contributed by atoms with van der Waals surface area (Å²) >= 11 is 5.22. The summed E-state index contributed by atoms with van der Waals surface area (Å²) in [7, 11) is 0. The Morgan fingerprint density at radius 2 is 2.29 bits per heavy atom. The van der Waals surface area contributed by atoms with Gasteiger partial charge in [-0.25, -0.2) is 0 Å². The molecule has 4 heteroatoms. The Labute approximate surface area is 105 Å². The Kier molecular flexibility index (Phi) is 4.08. The molecule has 0 heterocycles. The van der Waals surface area contributed by atoms with Gasteiger partial charge >= 0.3 is 0 Å². The molecule has 0 fully saturated rings. The fourth-order valence-electron chi connectivity index (χ4n) is 1.08. The number of hydrogen-bond donors (Lipinski definition) is 0. The largest absolute Gasteiger partial charge is 0.293 e. The number of carbonyl (C=O) groups is 1. The van der Waals surface area contributed by atoms with Gasteiger partial charge in [0.25, 0.3) is 0 Å². The maximum atomic E-state index is 11.5. The quantitative estimate of drug-likeness (QED) is 0.460. The zero-order valence-corrected chi connectivity index (χ0v) is 11.2. The number of nitrogens with zero attached hydrogens (tertiary/aromatic N) is 1. The first kappa shape index (κ1) is 11.7. The lowest BCUT2D eigenvalue weighted by atomic mass is 10.0. The lowest BCUT2D eigenvalue weighted by Crippen LogP contribution is -2.04. The van der Waals surface area contributed by atoms with Crippen LogP contribution in [0.3, 0.4) is 0 Å².